The number of imidazole rings is 1. The Hall–Kier alpha value is -7.04. The van der Waals surface area contributed by atoms with E-state index in [1.165, 1.54) is 16.3 Å². The molecule has 0 aliphatic heterocycles. The number of pyridine rings is 1. The third-order valence-corrected chi connectivity index (χ3v) is 13.0. The number of phenolic OH excluding ortho intramolecular Hbond substituents is 1. The van der Waals surface area contributed by atoms with Gasteiger partial charge < -0.3 is 5.11 Å². The summed E-state index contributed by atoms with van der Waals surface area (Å²) in [7, 11) is 0. The average Bonchev–Trinajstić information content (AvgIpc) is 3.67. The predicted octanol–water partition coefficient (Wildman–Crippen LogP) is 16.1. The molecule has 0 bridgehead atoms. The van der Waals surface area contributed by atoms with E-state index in [1.54, 1.807) is 0 Å². The van der Waals surface area contributed by atoms with Crippen LogP contribution >= 0.6 is 0 Å². The summed E-state index contributed by atoms with van der Waals surface area (Å²) in [5.74, 6) is 0.961. The molecule has 10 aromatic rings. The third kappa shape index (κ3) is 7.02. The van der Waals surface area contributed by atoms with Gasteiger partial charge in [-0.3, -0.25) is 9.55 Å². The van der Waals surface area contributed by atoms with Crippen molar-refractivity contribution in [2.75, 3.05) is 0 Å². The highest BCUT2D eigenvalue weighted by Crippen LogP contribution is 2.47. The van der Waals surface area contributed by atoms with Crippen LogP contribution < -0.4 is 0 Å². The Kier molecular flexibility index (Phi) is 9.64. The number of hydrogen-bond donors (Lipinski definition) is 1. The molecule has 0 unspecified atom stereocenters. The summed E-state index contributed by atoms with van der Waals surface area (Å²) in [6.45, 7) is 20.0. The topological polar surface area (TPSA) is 50.9 Å². The van der Waals surface area contributed by atoms with E-state index in [4.69, 9.17) is 9.97 Å². The standard InChI is InChI=1S/C60H55N3O/c1-58(2,3)41-25-28-52(47(34-41)38-20-14-11-15-21-38)63-53-29-27-46-44-23-17-16-22-43(44)45-26-24-40(51-33-39(30-31-61-51)37-18-12-10-13-19-37)32-48(45)54(46)55(53)62-57(63)49-35-42(59(4,5)6)36-50(56(49)64)60(7,8)9/h10-36,64H,1-9H3. The van der Waals surface area contributed by atoms with E-state index in [0.717, 1.165) is 82.9 Å². The van der Waals surface area contributed by atoms with Crippen LogP contribution in [-0.4, -0.2) is 19.6 Å². The smallest absolute Gasteiger partial charge is 0.149 e. The van der Waals surface area contributed by atoms with Crippen LogP contribution in [0, 0.1) is 0 Å². The number of benzene rings is 8. The fourth-order valence-corrected chi connectivity index (χ4v) is 9.42. The zero-order valence-corrected chi connectivity index (χ0v) is 38.4. The van der Waals surface area contributed by atoms with Crippen LogP contribution in [0.4, 0.5) is 0 Å². The predicted molar refractivity (Wildman–Crippen MR) is 271 cm³/mol. The van der Waals surface area contributed by atoms with Crippen molar-refractivity contribution in [3.8, 4) is 56.3 Å². The molecule has 2 heterocycles. The first-order valence-corrected chi connectivity index (χ1v) is 22.5. The highest BCUT2D eigenvalue weighted by Gasteiger charge is 2.30. The van der Waals surface area contributed by atoms with Gasteiger partial charge in [-0.05, 0) is 113 Å². The summed E-state index contributed by atoms with van der Waals surface area (Å²) in [5, 5.41) is 19.5. The molecule has 4 nitrogen and oxygen atoms in total. The minimum absolute atomic E-state index is 0.0772. The Morgan fingerprint density at radius 1 is 0.453 bits per heavy atom. The van der Waals surface area contributed by atoms with Gasteiger partial charge >= 0.3 is 0 Å². The summed E-state index contributed by atoms with van der Waals surface area (Å²) < 4.78 is 2.31. The van der Waals surface area contributed by atoms with Crippen molar-refractivity contribution in [1.29, 1.82) is 0 Å². The van der Waals surface area contributed by atoms with Gasteiger partial charge in [0.05, 0.1) is 28.0 Å². The lowest BCUT2D eigenvalue weighted by atomic mass is 9.79. The molecule has 10 rings (SSSR count). The van der Waals surface area contributed by atoms with Crippen LogP contribution in [0.25, 0.3) is 93.9 Å². The number of aromatic nitrogens is 3. The Morgan fingerprint density at radius 3 is 1.73 bits per heavy atom. The first-order chi connectivity index (χ1) is 30.6. The van der Waals surface area contributed by atoms with Crippen LogP contribution in [0.5, 0.6) is 5.75 Å². The lowest BCUT2D eigenvalue weighted by Gasteiger charge is -2.28. The van der Waals surface area contributed by atoms with Gasteiger partial charge in [0.2, 0.25) is 0 Å². The van der Waals surface area contributed by atoms with E-state index in [9.17, 15) is 5.11 Å². The summed E-state index contributed by atoms with van der Waals surface area (Å²) in [6, 6.07) is 56.6. The summed E-state index contributed by atoms with van der Waals surface area (Å²) in [4.78, 5) is 10.7. The van der Waals surface area contributed by atoms with Crippen LogP contribution in [0.3, 0.4) is 0 Å². The maximum atomic E-state index is 12.6. The van der Waals surface area contributed by atoms with Crippen molar-refractivity contribution < 1.29 is 5.11 Å². The average molecular weight is 834 g/mol. The van der Waals surface area contributed by atoms with Crippen LogP contribution in [0.15, 0.2) is 164 Å². The molecule has 0 aliphatic rings. The number of phenols is 1. The van der Waals surface area contributed by atoms with Gasteiger partial charge in [0.15, 0.2) is 0 Å². The Morgan fingerprint density at radius 2 is 1.06 bits per heavy atom. The van der Waals surface area contributed by atoms with Gasteiger partial charge in [-0.15, -0.1) is 0 Å². The molecule has 0 amide bonds. The minimum Gasteiger partial charge on any atom is -0.507 e. The molecule has 0 atom stereocenters. The van der Waals surface area contributed by atoms with Gasteiger partial charge in [0.25, 0.3) is 0 Å². The second-order valence-electron chi connectivity index (χ2n) is 20.5. The number of aromatic hydroxyl groups is 1. The molecule has 1 N–H and O–H groups in total. The largest absolute Gasteiger partial charge is 0.507 e. The monoisotopic (exact) mass is 833 g/mol. The normalized spacial score (nSPS) is 12.5. The second kappa shape index (κ2) is 15.1. The number of nitrogens with zero attached hydrogens (tertiary/aromatic N) is 3. The lowest BCUT2D eigenvalue weighted by Crippen LogP contribution is -2.17. The Bertz CT molecular complexity index is 3430. The summed E-state index contributed by atoms with van der Waals surface area (Å²) in [6.07, 6.45) is 1.91. The molecule has 0 saturated carbocycles. The molecule has 0 fully saturated rings. The molecule has 0 saturated heterocycles. The van der Waals surface area contributed by atoms with Crippen molar-refractivity contribution in [3.63, 3.8) is 0 Å². The summed E-state index contributed by atoms with van der Waals surface area (Å²) >= 11 is 0. The van der Waals surface area contributed by atoms with E-state index in [0.29, 0.717) is 11.4 Å². The van der Waals surface area contributed by atoms with Crippen LogP contribution in [0.1, 0.15) is 79.0 Å². The minimum atomic E-state index is -0.329. The first-order valence-electron chi connectivity index (χ1n) is 22.5. The van der Waals surface area contributed by atoms with E-state index < -0.39 is 0 Å². The van der Waals surface area contributed by atoms with E-state index in [1.807, 2.05) is 12.3 Å². The molecular formula is C60H55N3O. The van der Waals surface area contributed by atoms with E-state index in [-0.39, 0.29) is 22.0 Å². The Labute approximate surface area is 376 Å². The molecule has 4 heteroatoms. The van der Waals surface area contributed by atoms with E-state index in [2.05, 4.69) is 219 Å². The maximum absolute atomic E-state index is 12.6. The van der Waals surface area contributed by atoms with Gasteiger partial charge in [0, 0.05) is 28.3 Å². The van der Waals surface area contributed by atoms with Crippen molar-refractivity contribution in [3.05, 3.63) is 181 Å². The molecule has 0 radical (unpaired) electrons. The quantitative estimate of drug-likeness (QED) is 0.176. The van der Waals surface area contributed by atoms with Crippen molar-refractivity contribution >= 4 is 43.4 Å². The highest BCUT2D eigenvalue weighted by atomic mass is 16.3. The third-order valence-electron chi connectivity index (χ3n) is 13.0. The molecular weight excluding hydrogens is 779 g/mol. The van der Waals surface area contributed by atoms with Gasteiger partial charge in [-0.2, -0.15) is 0 Å². The van der Waals surface area contributed by atoms with Gasteiger partial charge in [0.1, 0.15) is 11.6 Å². The molecule has 2 aromatic heterocycles. The SMILES string of the molecule is CC(C)(C)c1ccc(-n2c(-c3cc(C(C)(C)C)cc(C(C)(C)C)c3O)nc3c4c(ccc32)c2ccccc2c2ccc(-c3cc(-c5ccccc5)ccn3)cc24)c(-c2ccccc2)c1. The van der Waals surface area contributed by atoms with Gasteiger partial charge in [-0.1, -0.05) is 178 Å². The molecule has 0 spiro atoms. The molecule has 64 heavy (non-hydrogen) atoms. The van der Waals surface area contributed by atoms with Crippen molar-refractivity contribution in [2.24, 2.45) is 0 Å². The van der Waals surface area contributed by atoms with Crippen molar-refractivity contribution in [2.45, 2.75) is 78.6 Å². The zero-order chi connectivity index (χ0) is 44.7. The molecule has 0 aliphatic carbocycles. The van der Waals surface area contributed by atoms with E-state index >= 15 is 0 Å². The number of fused-ring (bicyclic) bond motifs is 8. The first kappa shape index (κ1) is 41.0. The fraction of sp³-hybridized carbons (Fsp3) is 0.200. The zero-order valence-electron chi connectivity index (χ0n) is 38.4. The Balaban J connectivity index is 1.37. The van der Waals surface area contributed by atoms with Crippen LogP contribution in [0.2, 0.25) is 0 Å². The summed E-state index contributed by atoms with van der Waals surface area (Å²) in [5.41, 5.74) is 12.7. The fourth-order valence-electron chi connectivity index (χ4n) is 9.42. The maximum Gasteiger partial charge on any atom is 0.149 e. The lowest BCUT2D eigenvalue weighted by molar-refractivity contribution is 0.446. The highest BCUT2D eigenvalue weighted by molar-refractivity contribution is 6.31. The number of hydrogen-bond acceptors (Lipinski definition) is 3. The molecule has 316 valence electrons. The molecule has 8 aromatic carbocycles. The van der Waals surface area contributed by atoms with Crippen LogP contribution in [-0.2, 0) is 16.2 Å². The number of rotatable bonds is 5. The van der Waals surface area contributed by atoms with Gasteiger partial charge in [-0.25, -0.2) is 4.98 Å². The van der Waals surface area contributed by atoms with Crippen molar-refractivity contribution in [1.82, 2.24) is 14.5 Å². The second-order valence-corrected chi connectivity index (χ2v) is 20.5.